The SMILES string of the molecule is CCNCc1cc(-c2cccc(OC)c2)n[nH]1. The van der Waals surface area contributed by atoms with Crippen LogP contribution in [0.1, 0.15) is 12.6 Å². The van der Waals surface area contributed by atoms with Crippen molar-refractivity contribution in [2.24, 2.45) is 0 Å². The Morgan fingerprint density at radius 2 is 2.24 bits per heavy atom. The highest BCUT2D eigenvalue weighted by Crippen LogP contribution is 2.22. The first-order valence-electron chi connectivity index (χ1n) is 5.73. The molecule has 4 nitrogen and oxygen atoms in total. The number of methoxy groups -OCH3 is 1. The Morgan fingerprint density at radius 1 is 1.35 bits per heavy atom. The van der Waals surface area contributed by atoms with Crippen LogP contribution in [0.2, 0.25) is 0 Å². The molecule has 0 bridgehead atoms. The minimum atomic E-state index is 0.813. The molecule has 0 aliphatic heterocycles. The maximum Gasteiger partial charge on any atom is 0.119 e. The van der Waals surface area contributed by atoms with Gasteiger partial charge < -0.3 is 10.1 Å². The van der Waals surface area contributed by atoms with E-state index < -0.39 is 0 Å². The summed E-state index contributed by atoms with van der Waals surface area (Å²) < 4.78 is 5.20. The molecule has 0 atom stereocenters. The molecular formula is C13H17N3O. The number of hydrogen-bond acceptors (Lipinski definition) is 3. The number of aromatic amines is 1. The molecule has 0 unspecified atom stereocenters. The molecule has 0 aliphatic rings. The van der Waals surface area contributed by atoms with Crippen molar-refractivity contribution in [3.8, 4) is 17.0 Å². The van der Waals surface area contributed by atoms with E-state index in [0.717, 1.165) is 35.8 Å². The van der Waals surface area contributed by atoms with E-state index in [2.05, 4.69) is 28.5 Å². The lowest BCUT2D eigenvalue weighted by atomic mass is 10.1. The number of H-pyrrole nitrogens is 1. The number of aromatic nitrogens is 2. The Kier molecular flexibility index (Phi) is 3.77. The molecule has 0 radical (unpaired) electrons. The number of hydrogen-bond donors (Lipinski definition) is 2. The van der Waals surface area contributed by atoms with Crippen molar-refractivity contribution in [3.63, 3.8) is 0 Å². The van der Waals surface area contributed by atoms with Crippen LogP contribution in [0.5, 0.6) is 5.75 Å². The van der Waals surface area contributed by atoms with Crippen molar-refractivity contribution < 1.29 is 4.74 Å². The van der Waals surface area contributed by atoms with E-state index in [1.165, 1.54) is 0 Å². The van der Waals surface area contributed by atoms with Crippen molar-refractivity contribution in [2.75, 3.05) is 13.7 Å². The second kappa shape index (κ2) is 5.50. The topological polar surface area (TPSA) is 49.9 Å². The summed E-state index contributed by atoms with van der Waals surface area (Å²) in [6.07, 6.45) is 0. The van der Waals surface area contributed by atoms with Crippen molar-refractivity contribution in [2.45, 2.75) is 13.5 Å². The summed E-state index contributed by atoms with van der Waals surface area (Å²) in [6.45, 7) is 3.85. The Labute approximate surface area is 101 Å². The fourth-order valence-electron chi connectivity index (χ4n) is 1.64. The fraction of sp³-hybridized carbons (Fsp3) is 0.308. The molecule has 0 saturated carbocycles. The quantitative estimate of drug-likeness (QED) is 0.829. The van der Waals surface area contributed by atoms with Crippen LogP contribution < -0.4 is 10.1 Å². The fourth-order valence-corrected chi connectivity index (χ4v) is 1.64. The molecule has 17 heavy (non-hydrogen) atoms. The maximum absolute atomic E-state index is 5.20. The third kappa shape index (κ3) is 2.85. The van der Waals surface area contributed by atoms with Crippen LogP contribution in [0.4, 0.5) is 0 Å². The van der Waals surface area contributed by atoms with Crippen molar-refractivity contribution in [1.29, 1.82) is 0 Å². The second-order valence-corrected chi connectivity index (χ2v) is 3.79. The van der Waals surface area contributed by atoms with Gasteiger partial charge in [-0.1, -0.05) is 19.1 Å². The maximum atomic E-state index is 5.20. The first-order chi connectivity index (χ1) is 8.33. The first kappa shape index (κ1) is 11.7. The molecule has 0 fully saturated rings. The van der Waals surface area contributed by atoms with Gasteiger partial charge in [-0.15, -0.1) is 0 Å². The summed E-state index contributed by atoms with van der Waals surface area (Å²) in [5, 5.41) is 10.6. The van der Waals surface area contributed by atoms with E-state index in [9.17, 15) is 0 Å². The van der Waals surface area contributed by atoms with Crippen molar-refractivity contribution in [1.82, 2.24) is 15.5 Å². The largest absolute Gasteiger partial charge is 0.497 e. The zero-order valence-electron chi connectivity index (χ0n) is 10.2. The summed E-state index contributed by atoms with van der Waals surface area (Å²) in [4.78, 5) is 0. The number of nitrogens with one attached hydrogen (secondary N) is 2. The van der Waals surface area contributed by atoms with Gasteiger partial charge in [0.2, 0.25) is 0 Å². The number of rotatable bonds is 5. The Hall–Kier alpha value is -1.81. The predicted octanol–water partition coefficient (Wildman–Crippen LogP) is 2.19. The molecule has 2 rings (SSSR count). The number of benzene rings is 1. The van der Waals surface area contributed by atoms with Gasteiger partial charge in [-0.2, -0.15) is 5.10 Å². The van der Waals surface area contributed by atoms with Gasteiger partial charge in [-0.05, 0) is 24.7 Å². The lowest BCUT2D eigenvalue weighted by Crippen LogP contribution is -2.11. The molecule has 2 aromatic rings. The summed E-state index contributed by atoms with van der Waals surface area (Å²) in [5.41, 5.74) is 3.09. The normalized spacial score (nSPS) is 10.5. The molecule has 2 N–H and O–H groups in total. The van der Waals surface area contributed by atoms with E-state index in [-0.39, 0.29) is 0 Å². The van der Waals surface area contributed by atoms with Crippen LogP contribution in [0.3, 0.4) is 0 Å². The third-order valence-electron chi connectivity index (χ3n) is 2.56. The lowest BCUT2D eigenvalue weighted by molar-refractivity contribution is 0.415. The van der Waals surface area contributed by atoms with E-state index in [4.69, 9.17) is 4.74 Å². The zero-order valence-corrected chi connectivity index (χ0v) is 10.2. The lowest BCUT2D eigenvalue weighted by Gasteiger charge is -2.01. The third-order valence-corrected chi connectivity index (χ3v) is 2.56. The van der Waals surface area contributed by atoms with Crippen molar-refractivity contribution >= 4 is 0 Å². The average molecular weight is 231 g/mol. The predicted molar refractivity (Wildman–Crippen MR) is 68.0 cm³/mol. The van der Waals surface area contributed by atoms with Crippen molar-refractivity contribution in [3.05, 3.63) is 36.0 Å². The molecular weight excluding hydrogens is 214 g/mol. The molecule has 1 aromatic heterocycles. The summed E-state index contributed by atoms with van der Waals surface area (Å²) in [7, 11) is 1.67. The van der Waals surface area contributed by atoms with E-state index >= 15 is 0 Å². The van der Waals surface area contributed by atoms with E-state index in [1.54, 1.807) is 7.11 Å². The highest BCUT2D eigenvalue weighted by atomic mass is 16.5. The molecule has 4 heteroatoms. The van der Waals surface area contributed by atoms with Gasteiger partial charge in [0.05, 0.1) is 12.8 Å². The van der Waals surface area contributed by atoms with Crippen LogP contribution >= 0.6 is 0 Å². The summed E-state index contributed by atoms with van der Waals surface area (Å²) in [6, 6.07) is 9.95. The van der Waals surface area contributed by atoms with Gasteiger partial charge >= 0.3 is 0 Å². The molecule has 1 aromatic carbocycles. The minimum Gasteiger partial charge on any atom is -0.497 e. The molecule has 90 valence electrons. The Bertz CT molecular complexity index is 479. The van der Waals surface area contributed by atoms with E-state index in [1.807, 2.05) is 24.3 Å². The van der Waals surface area contributed by atoms with Crippen LogP contribution in [0.15, 0.2) is 30.3 Å². The highest BCUT2D eigenvalue weighted by Gasteiger charge is 2.04. The number of nitrogens with zero attached hydrogens (tertiary/aromatic N) is 1. The smallest absolute Gasteiger partial charge is 0.119 e. The van der Waals surface area contributed by atoms with E-state index in [0.29, 0.717) is 0 Å². The van der Waals surface area contributed by atoms with Gasteiger partial charge in [0.1, 0.15) is 5.75 Å². The first-order valence-corrected chi connectivity index (χ1v) is 5.73. The monoisotopic (exact) mass is 231 g/mol. The molecule has 0 amide bonds. The average Bonchev–Trinajstić information content (AvgIpc) is 2.85. The Morgan fingerprint density at radius 3 is 3.00 bits per heavy atom. The van der Waals surface area contributed by atoms with Gasteiger partial charge in [0, 0.05) is 17.8 Å². The summed E-state index contributed by atoms with van der Waals surface area (Å²) >= 11 is 0. The van der Waals surface area contributed by atoms with Gasteiger partial charge in [-0.3, -0.25) is 5.10 Å². The summed E-state index contributed by atoms with van der Waals surface area (Å²) in [5.74, 6) is 0.846. The second-order valence-electron chi connectivity index (χ2n) is 3.79. The van der Waals surface area contributed by atoms with Gasteiger partial charge in [0.15, 0.2) is 0 Å². The molecule has 0 saturated heterocycles. The van der Waals surface area contributed by atoms with Crippen LogP contribution in [0, 0.1) is 0 Å². The van der Waals surface area contributed by atoms with Crippen LogP contribution in [-0.2, 0) is 6.54 Å². The Balaban J connectivity index is 2.18. The molecule has 1 heterocycles. The molecule has 0 spiro atoms. The number of ether oxygens (including phenoxy) is 1. The van der Waals surface area contributed by atoms with Gasteiger partial charge in [-0.25, -0.2) is 0 Å². The van der Waals surface area contributed by atoms with Crippen LogP contribution in [-0.4, -0.2) is 23.9 Å². The van der Waals surface area contributed by atoms with Crippen LogP contribution in [0.25, 0.3) is 11.3 Å². The molecule has 0 aliphatic carbocycles. The highest BCUT2D eigenvalue weighted by molar-refractivity contribution is 5.61. The zero-order chi connectivity index (χ0) is 12.1. The van der Waals surface area contributed by atoms with Gasteiger partial charge in [0.25, 0.3) is 0 Å². The minimum absolute atomic E-state index is 0.813. The standard InChI is InChI=1S/C13H17N3O/c1-3-14-9-11-8-13(16-15-11)10-5-4-6-12(7-10)17-2/h4-8,14H,3,9H2,1-2H3,(H,15,16).